The first-order chi connectivity index (χ1) is 17.2. The molecule has 0 fully saturated rings. The fraction of sp³-hybridized carbons (Fsp3) is 0.0417. The Labute approximate surface area is 204 Å². The number of aromatic nitrogens is 1. The summed E-state index contributed by atoms with van der Waals surface area (Å²) in [5.41, 5.74) is 1.33. The Morgan fingerprint density at radius 1 is 1.06 bits per heavy atom. The molecule has 1 heterocycles. The number of amides is 1. The molecule has 184 valence electrons. The Hall–Kier alpha value is -4.71. The van der Waals surface area contributed by atoms with Crippen molar-refractivity contribution in [3.8, 4) is 11.6 Å². The van der Waals surface area contributed by atoms with Gasteiger partial charge in [0.15, 0.2) is 0 Å². The molecule has 12 heteroatoms. The summed E-state index contributed by atoms with van der Waals surface area (Å²) in [4.78, 5) is 24.3. The van der Waals surface area contributed by atoms with E-state index in [1.807, 2.05) is 0 Å². The van der Waals surface area contributed by atoms with Gasteiger partial charge in [0, 0.05) is 10.8 Å². The number of hydrogen-bond donors (Lipinski definition) is 3. The second-order valence-electron chi connectivity index (χ2n) is 7.37. The van der Waals surface area contributed by atoms with Crippen LogP contribution in [-0.2, 0) is 14.8 Å². The van der Waals surface area contributed by atoms with Gasteiger partial charge in [-0.2, -0.15) is 5.10 Å². The van der Waals surface area contributed by atoms with E-state index in [-0.39, 0.29) is 27.2 Å². The minimum atomic E-state index is -4.25. The van der Waals surface area contributed by atoms with Crippen molar-refractivity contribution in [1.29, 1.82) is 0 Å². The summed E-state index contributed by atoms with van der Waals surface area (Å²) < 4.78 is 47.4. The van der Waals surface area contributed by atoms with Crippen LogP contribution in [0.2, 0.25) is 0 Å². The van der Waals surface area contributed by atoms with E-state index < -0.39 is 33.4 Å². The van der Waals surface area contributed by atoms with Crippen LogP contribution in [0, 0.1) is 5.82 Å². The van der Waals surface area contributed by atoms with Crippen LogP contribution in [0.3, 0.4) is 0 Å². The number of para-hydroxylation sites is 1. The van der Waals surface area contributed by atoms with Crippen LogP contribution in [0.4, 0.5) is 14.9 Å². The van der Waals surface area contributed by atoms with E-state index in [1.54, 1.807) is 18.2 Å². The number of pyridine rings is 1. The molecule has 36 heavy (non-hydrogen) atoms. The van der Waals surface area contributed by atoms with Gasteiger partial charge in [0.2, 0.25) is 5.88 Å². The fourth-order valence-corrected chi connectivity index (χ4v) is 4.57. The van der Waals surface area contributed by atoms with Crippen molar-refractivity contribution >= 4 is 38.8 Å². The van der Waals surface area contributed by atoms with E-state index >= 15 is 0 Å². The Bertz CT molecular complexity index is 1670. The van der Waals surface area contributed by atoms with Gasteiger partial charge in [0.1, 0.15) is 5.82 Å². The molecule has 0 saturated heterocycles. The maximum Gasteiger partial charge on any atom is 0.427 e. The molecule has 0 atom stereocenters. The summed E-state index contributed by atoms with van der Waals surface area (Å²) in [5, 5.41) is 15.3. The number of anilines is 1. The number of aromatic hydroxyl groups is 1. The second-order valence-corrected chi connectivity index (χ2v) is 9.05. The number of carbonyl (C=O) groups is 1. The summed E-state index contributed by atoms with van der Waals surface area (Å²) in [5.74, 6) is -1.31. The molecule has 4 rings (SSSR count). The van der Waals surface area contributed by atoms with Crippen molar-refractivity contribution in [2.24, 2.45) is 5.10 Å². The van der Waals surface area contributed by atoms with E-state index in [4.69, 9.17) is 0 Å². The summed E-state index contributed by atoms with van der Waals surface area (Å²) in [7, 11) is -3.09. The van der Waals surface area contributed by atoms with E-state index in [1.165, 1.54) is 42.5 Å². The van der Waals surface area contributed by atoms with E-state index in [0.717, 1.165) is 30.0 Å². The second kappa shape index (κ2) is 9.88. The van der Waals surface area contributed by atoms with Gasteiger partial charge in [0.25, 0.3) is 15.6 Å². The lowest BCUT2D eigenvalue weighted by molar-refractivity contribution is 0.171. The smallest absolute Gasteiger partial charge is 0.427 e. The molecule has 3 aromatic carbocycles. The van der Waals surface area contributed by atoms with Crippen LogP contribution < -0.4 is 15.7 Å². The minimum absolute atomic E-state index is 0.0234. The predicted molar refractivity (Wildman–Crippen MR) is 132 cm³/mol. The number of methoxy groups -OCH3 is 1. The Morgan fingerprint density at radius 2 is 1.75 bits per heavy atom. The molecule has 0 aliphatic rings. The van der Waals surface area contributed by atoms with Gasteiger partial charge in [-0.25, -0.2) is 27.6 Å². The summed E-state index contributed by atoms with van der Waals surface area (Å²) in [6.07, 6.45) is 0.286. The molecule has 3 N–H and O–H groups in total. The van der Waals surface area contributed by atoms with Crippen molar-refractivity contribution < 1.29 is 27.4 Å². The van der Waals surface area contributed by atoms with Crippen molar-refractivity contribution in [3.05, 3.63) is 94.5 Å². The average Bonchev–Trinajstić information content (AvgIpc) is 2.87. The lowest BCUT2D eigenvalue weighted by atomic mass is 10.1. The number of ether oxygens (including phenoxy) is 1. The molecule has 0 saturated carbocycles. The molecular formula is C24H19FN4O6S. The number of hydrazone groups is 1. The number of benzene rings is 3. The van der Waals surface area contributed by atoms with Crippen molar-refractivity contribution in [1.82, 2.24) is 9.99 Å². The molecular weight excluding hydrogens is 491 g/mol. The number of carbonyl (C=O) groups excluding carboxylic acids is 1. The van der Waals surface area contributed by atoms with Crippen LogP contribution in [0.1, 0.15) is 5.56 Å². The molecule has 0 aliphatic heterocycles. The molecule has 0 spiro atoms. The van der Waals surface area contributed by atoms with Gasteiger partial charge in [-0.3, -0.25) is 9.52 Å². The molecule has 0 radical (unpaired) electrons. The predicted octanol–water partition coefficient (Wildman–Crippen LogP) is 3.33. The van der Waals surface area contributed by atoms with Crippen molar-refractivity contribution in [3.63, 3.8) is 0 Å². The highest BCUT2D eigenvalue weighted by Gasteiger charge is 2.20. The van der Waals surface area contributed by atoms with Crippen LogP contribution in [-0.4, -0.2) is 37.5 Å². The lowest BCUT2D eigenvalue weighted by Gasteiger charge is -2.15. The number of hydrogen-bond acceptors (Lipinski definition) is 7. The van der Waals surface area contributed by atoms with E-state index in [2.05, 4.69) is 20.0 Å². The molecule has 0 bridgehead atoms. The Morgan fingerprint density at radius 3 is 2.47 bits per heavy atom. The quantitative estimate of drug-likeness (QED) is 0.269. The van der Waals surface area contributed by atoms with Gasteiger partial charge >= 0.3 is 6.09 Å². The highest BCUT2D eigenvalue weighted by atomic mass is 32.2. The number of rotatable bonds is 6. The van der Waals surface area contributed by atoms with Crippen LogP contribution in [0.15, 0.2) is 87.6 Å². The largest absolute Gasteiger partial charge is 0.494 e. The summed E-state index contributed by atoms with van der Waals surface area (Å²) >= 11 is 0. The van der Waals surface area contributed by atoms with E-state index in [0.29, 0.717) is 5.39 Å². The zero-order chi connectivity index (χ0) is 25.9. The number of sulfonamides is 1. The third-order valence-electron chi connectivity index (χ3n) is 5.14. The molecule has 10 nitrogen and oxygen atoms in total. The molecule has 0 unspecified atom stereocenters. The monoisotopic (exact) mass is 510 g/mol. The zero-order valence-electron chi connectivity index (χ0n) is 18.7. The van der Waals surface area contributed by atoms with Crippen LogP contribution in [0.5, 0.6) is 5.88 Å². The number of fused-ring (bicyclic) bond motifs is 1. The molecule has 1 amide bonds. The summed E-state index contributed by atoms with van der Waals surface area (Å²) in [6, 6.07) is 16.9. The average molecular weight is 511 g/mol. The third-order valence-corrected chi connectivity index (χ3v) is 6.51. The maximum atomic E-state index is 14.0. The van der Waals surface area contributed by atoms with Crippen LogP contribution in [0.25, 0.3) is 16.5 Å². The number of nitrogens with one attached hydrogen (secondary N) is 2. The highest BCUT2D eigenvalue weighted by Crippen LogP contribution is 2.27. The van der Waals surface area contributed by atoms with Gasteiger partial charge in [-0.1, -0.05) is 36.4 Å². The summed E-state index contributed by atoms with van der Waals surface area (Å²) in [6.45, 7) is 0. The van der Waals surface area contributed by atoms with Crippen molar-refractivity contribution in [2.45, 2.75) is 4.90 Å². The van der Waals surface area contributed by atoms with Crippen molar-refractivity contribution in [2.75, 3.05) is 11.8 Å². The maximum absolute atomic E-state index is 14.0. The number of nitrogens with zero attached hydrogens (tertiary/aromatic N) is 2. The minimum Gasteiger partial charge on any atom is -0.494 e. The first kappa shape index (κ1) is 24.4. The SMILES string of the molecule is COC(=O)NN=Cc1c(O)n(-c2cccc(S(=O)(=O)Nc3ccccc3F)c2)c(=O)c2ccccc12. The highest BCUT2D eigenvalue weighted by molar-refractivity contribution is 7.92. The molecule has 4 aromatic rings. The fourth-order valence-electron chi connectivity index (χ4n) is 3.46. The van der Waals surface area contributed by atoms with Gasteiger partial charge < -0.3 is 9.84 Å². The normalized spacial score (nSPS) is 11.5. The van der Waals surface area contributed by atoms with Gasteiger partial charge in [-0.15, -0.1) is 0 Å². The van der Waals surface area contributed by atoms with Gasteiger partial charge in [-0.05, 0) is 36.4 Å². The Balaban J connectivity index is 1.85. The first-order valence-corrected chi connectivity index (χ1v) is 11.8. The van der Waals surface area contributed by atoms with E-state index in [9.17, 15) is 27.5 Å². The standard InChI is InChI=1S/C24H19FN4O6S/c1-35-24(32)27-26-14-19-17-9-2-3-10-18(17)22(30)29(23(19)31)15-7-6-8-16(13-15)36(33,34)28-21-12-5-4-11-20(21)25/h2-14,28,31H,1H3,(H,27,32). The first-order valence-electron chi connectivity index (χ1n) is 10.3. The molecule has 1 aromatic heterocycles. The zero-order valence-corrected chi connectivity index (χ0v) is 19.5. The van der Waals surface area contributed by atoms with Gasteiger partial charge in [0.05, 0.1) is 35.2 Å². The Kier molecular flexibility index (Phi) is 6.70. The topological polar surface area (TPSA) is 139 Å². The third kappa shape index (κ3) is 4.74. The lowest BCUT2D eigenvalue weighted by Crippen LogP contribution is -2.21. The van der Waals surface area contributed by atoms with Crippen LogP contribution >= 0.6 is 0 Å². The number of halogens is 1. The molecule has 0 aliphatic carbocycles.